The molecule has 8 aromatic rings. The molecular formula is C65H68O2. The highest BCUT2D eigenvalue weighted by molar-refractivity contribution is 6.18. The minimum Gasteiger partial charge on any atom is -0.508 e. The van der Waals surface area contributed by atoms with Crippen molar-refractivity contribution in [2.45, 2.75) is 148 Å². The normalized spacial score (nSPS) is 15.4. The zero-order chi connectivity index (χ0) is 46.1. The number of phenolic OH excluding ortho intramolecular Hbond substituents is 1. The Bertz CT molecular complexity index is 3170. The van der Waals surface area contributed by atoms with Crippen molar-refractivity contribution in [3.63, 3.8) is 0 Å². The van der Waals surface area contributed by atoms with Crippen LogP contribution in [0.2, 0.25) is 0 Å². The topological polar surface area (TPSA) is 33.4 Å². The second kappa shape index (κ2) is 17.0. The van der Waals surface area contributed by atoms with E-state index >= 15 is 0 Å². The van der Waals surface area contributed by atoms with Gasteiger partial charge in [0.25, 0.3) is 0 Å². The Balaban J connectivity index is 0.970. The van der Waals surface area contributed by atoms with Crippen LogP contribution in [0.25, 0.3) is 77.6 Å². The maximum absolute atomic E-state index is 10.7. The lowest BCUT2D eigenvalue weighted by Gasteiger charge is -2.33. The number of unbranched alkanes of at least 4 members (excludes halogenated alkanes) is 10. The van der Waals surface area contributed by atoms with Gasteiger partial charge in [0.2, 0.25) is 0 Å². The molecule has 0 radical (unpaired) electrons. The second-order valence-corrected chi connectivity index (χ2v) is 21.6. The molecule has 11 rings (SSSR count). The SMILES string of the molecule is CCCCCCCCC1(CCCCCCCC)c2ccccc2-c2ccc(-c3ccc4c(c3)C(C)(C)c3cc(-c5cc6c(c7c5oc5ccccc57)-c5ccc(O)cc5C6(C)C)ccc3-4)cc21. The average Bonchev–Trinajstić information content (AvgIpc) is 4.00. The summed E-state index contributed by atoms with van der Waals surface area (Å²) >= 11 is 0. The van der Waals surface area contributed by atoms with Crippen molar-refractivity contribution in [2.75, 3.05) is 0 Å². The van der Waals surface area contributed by atoms with E-state index in [0.29, 0.717) is 5.75 Å². The highest BCUT2D eigenvalue weighted by Crippen LogP contribution is 2.58. The van der Waals surface area contributed by atoms with Gasteiger partial charge in [0.1, 0.15) is 16.9 Å². The van der Waals surface area contributed by atoms with E-state index in [4.69, 9.17) is 4.42 Å². The summed E-state index contributed by atoms with van der Waals surface area (Å²) in [5.41, 5.74) is 22.6. The zero-order valence-electron chi connectivity index (χ0n) is 40.9. The van der Waals surface area contributed by atoms with Crippen LogP contribution < -0.4 is 0 Å². The third-order valence-corrected chi connectivity index (χ3v) is 16.8. The van der Waals surface area contributed by atoms with Gasteiger partial charge in [-0.2, -0.15) is 0 Å². The van der Waals surface area contributed by atoms with E-state index in [1.165, 1.54) is 157 Å². The van der Waals surface area contributed by atoms with Crippen LogP contribution in [-0.4, -0.2) is 5.11 Å². The first kappa shape index (κ1) is 43.7. The van der Waals surface area contributed by atoms with E-state index in [1.54, 1.807) is 11.1 Å². The number of fused-ring (bicyclic) bond motifs is 13. The van der Waals surface area contributed by atoms with Gasteiger partial charge in [-0.3, -0.25) is 0 Å². The van der Waals surface area contributed by atoms with Crippen LogP contribution in [0.5, 0.6) is 5.75 Å². The predicted molar refractivity (Wildman–Crippen MR) is 284 cm³/mol. The third kappa shape index (κ3) is 7.02. The molecule has 0 aliphatic heterocycles. The monoisotopic (exact) mass is 881 g/mol. The first-order valence-electron chi connectivity index (χ1n) is 25.9. The molecule has 0 unspecified atom stereocenters. The Hall–Kier alpha value is -5.86. The molecule has 1 N–H and O–H groups in total. The zero-order valence-corrected chi connectivity index (χ0v) is 40.9. The van der Waals surface area contributed by atoms with Crippen LogP contribution in [0.15, 0.2) is 132 Å². The second-order valence-electron chi connectivity index (χ2n) is 21.6. The number of furan rings is 1. The highest BCUT2D eigenvalue weighted by atomic mass is 16.3. The predicted octanol–water partition coefficient (Wildman–Crippen LogP) is 19.0. The Kier molecular flexibility index (Phi) is 11.1. The molecule has 0 spiro atoms. The number of rotatable bonds is 16. The summed E-state index contributed by atoms with van der Waals surface area (Å²) in [7, 11) is 0. The smallest absolute Gasteiger partial charge is 0.143 e. The van der Waals surface area contributed by atoms with E-state index < -0.39 is 0 Å². The van der Waals surface area contributed by atoms with E-state index in [-0.39, 0.29) is 16.2 Å². The van der Waals surface area contributed by atoms with Crippen molar-refractivity contribution >= 4 is 21.9 Å². The quantitative estimate of drug-likeness (QED) is 0.0981. The standard InChI is InChI=1S/C65H68O2/c1-7-9-11-13-15-21-35-65(36-22-16-14-12-10-8-2)53-25-19-17-23-46(53)49-32-28-43(38-57(49)65)42-27-31-47-48-33-29-44(39-55(48)63(3,4)54(47)37-42)52-41-58-60(50-34-30-45(66)40-56(50)64(58,5)6)61-51-24-18-20-26-59(51)67-62(52)61/h17-20,23-34,37-41,66H,7-16,21-22,35-36H2,1-6H3. The summed E-state index contributed by atoms with van der Waals surface area (Å²) in [5.74, 6) is 0.304. The minimum atomic E-state index is -0.296. The maximum atomic E-state index is 10.7. The van der Waals surface area contributed by atoms with Crippen molar-refractivity contribution in [1.29, 1.82) is 0 Å². The summed E-state index contributed by atoms with van der Waals surface area (Å²) in [6, 6.07) is 48.1. The Morgan fingerprint density at radius 3 is 1.61 bits per heavy atom. The Morgan fingerprint density at radius 2 is 0.925 bits per heavy atom. The van der Waals surface area contributed by atoms with E-state index in [9.17, 15) is 5.11 Å². The third-order valence-electron chi connectivity index (χ3n) is 16.8. The van der Waals surface area contributed by atoms with Gasteiger partial charge in [0.15, 0.2) is 0 Å². The largest absolute Gasteiger partial charge is 0.508 e. The van der Waals surface area contributed by atoms with Gasteiger partial charge in [-0.1, -0.05) is 204 Å². The number of hydrogen-bond donors (Lipinski definition) is 1. The minimum absolute atomic E-state index is 0.0582. The van der Waals surface area contributed by atoms with Crippen molar-refractivity contribution in [3.8, 4) is 61.4 Å². The van der Waals surface area contributed by atoms with Crippen LogP contribution in [0, 0.1) is 0 Å². The van der Waals surface area contributed by atoms with Crippen LogP contribution in [-0.2, 0) is 16.2 Å². The summed E-state index contributed by atoms with van der Waals surface area (Å²) in [6.45, 7) is 14.1. The molecule has 0 saturated heterocycles. The molecule has 1 aromatic heterocycles. The molecule has 340 valence electrons. The Morgan fingerprint density at radius 1 is 0.418 bits per heavy atom. The number of benzene rings is 7. The van der Waals surface area contributed by atoms with Gasteiger partial charge in [-0.05, 0) is 139 Å². The number of aromatic hydroxyl groups is 1. The van der Waals surface area contributed by atoms with E-state index in [0.717, 1.165) is 33.1 Å². The van der Waals surface area contributed by atoms with Crippen LogP contribution >= 0.6 is 0 Å². The van der Waals surface area contributed by atoms with Crippen molar-refractivity contribution in [1.82, 2.24) is 0 Å². The molecule has 2 heteroatoms. The van der Waals surface area contributed by atoms with Crippen LogP contribution in [0.3, 0.4) is 0 Å². The molecule has 0 atom stereocenters. The lowest BCUT2D eigenvalue weighted by molar-refractivity contribution is 0.398. The molecule has 7 aromatic carbocycles. The van der Waals surface area contributed by atoms with Crippen molar-refractivity contribution in [3.05, 3.63) is 161 Å². The molecule has 0 saturated carbocycles. The fraction of sp³-hybridized carbons (Fsp3) is 0.354. The first-order chi connectivity index (χ1) is 32.6. The summed E-state index contributed by atoms with van der Waals surface area (Å²) in [6.07, 6.45) is 18.4. The summed E-state index contributed by atoms with van der Waals surface area (Å²) in [5, 5.41) is 13.0. The number of para-hydroxylation sites is 1. The Labute approximate surface area is 399 Å². The molecule has 3 aliphatic carbocycles. The van der Waals surface area contributed by atoms with Gasteiger partial charge in [-0.25, -0.2) is 0 Å². The molecule has 3 aliphatic rings. The summed E-state index contributed by atoms with van der Waals surface area (Å²) in [4.78, 5) is 0. The first-order valence-corrected chi connectivity index (χ1v) is 25.9. The fourth-order valence-corrected chi connectivity index (χ4v) is 13.1. The van der Waals surface area contributed by atoms with Gasteiger partial charge >= 0.3 is 0 Å². The van der Waals surface area contributed by atoms with Crippen LogP contribution in [0.1, 0.15) is 165 Å². The van der Waals surface area contributed by atoms with Gasteiger partial charge in [-0.15, -0.1) is 0 Å². The van der Waals surface area contributed by atoms with Gasteiger partial charge in [0, 0.05) is 32.6 Å². The number of phenols is 1. The lowest BCUT2D eigenvalue weighted by atomic mass is 9.70. The van der Waals surface area contributed by atoms with E-state index in [1.807, 2.05) is 12.1 Å². The molecule has 0 fully saturated rings. The molecule has 67 heavy (non-hydrogen) atoms. The van der Waals surface area contributed by atoms with Gasteiger partial charge < -0.3 is 9.52 Å². The highest BCUT2D eigenvalue weighted by Gasteiger charge is 2.43. The molecule has 0 amide bonds. The molecular weight excluding hydrogens is 813 g/mol. The summed E-state index contributed by atoms with van der Waals surface area (Å²) < 4.78 is 6.87. The van der Waals surface area contributed by atoms with Crippen LogP contribution in [0.4, 0.5) is 0 Å². The fourth-order valence-electron chi connectivity index (χ4n) is 13.1. The van der Waals surface area contributed by atoms with Gasteiger partial charge in [0.05, 0.1) is 0 Å². The maximum Gasteiger partial charge on any atom is 0.143 e. The van der Waals surface area contributed by atoms with Crippen molar-refractivity contribution < 1.29 is 9.52 Å². The van der Waals surface area contributed by atoms with E-state index in [2.05, 4.69) is 157 Å². The molecule has 0 bridgehead atoms. The lowest BCUT2D eigenvalue weighted by Crippen LogP contribution is -2.25. The molecule has 1 heterocycles. The number of hydrogen-bond acceptors (Lipinski definition) is 2. The molecule has 2 nitrogen and oxygen atoms in total. The van der Waals surface area contributed by atoms with Crippen molar-refractivity contribution in [2.24, 2.45) is 0 Å². The average molecular weight is 881 g/mol.